The van der Waals surface area contributed by atoms with Gasteiger partial charge >= 0.3 is 0 Å². The molecule has 9 aromatic carbocycles. The predicted octanol–water partition coefficient (Wildman–Crippen LogP) is 14.4. The molecule has 318 valence electrons. The highest BCUT2D eigenvalue weighted by Crippen LogP contribution is 2.56. The van der Waals surface area contributed by atoms with Gasteiger partial charge in [0, 0.05) is 45.2 Å². The third kappa shape index (κ3) is 6.81. The molecule has 0 spiro atoms. The minimum Gasteiger partial charge on any atom is -0.208 e. The Morgan fingerprint density at radius 3 is 0.926 bits per heavy atom. The third-order valence-corrected chi connectivity index (χ3v) is 11.6. The second-order valence-corrected chi connectivity index (χ2v) is 15.3. The minimum absolute atomic E-state index is 0.194. The number of benzene rings is 9. The van der Waals surface area contributed by atoms with Crippen LogP contribution in [0.2, 0.25) is 0 Å². The van der Waals surface area contributed by atoms with Crippen LogP contribution in [0.1, 0.15) is 83.6 Å². The Morgan fingerprint density at radius 2 is 0.544 bits per heavy atom. The lowest BCUT2D eigenvalue weighted by Gasteiger charge is -2.42. The van der Waals surface area contributed by atoms with Crippen LogP contribution < -0.4 is 0 Å². The van der Waals surface area contributed by atoms with Crippen LogP contribution in [0.5, 0.6) is 0 Å². The lowest BCUT2D eigenvalue weighted by molar-refractivity contribution is 0.754. The first kappa shape index (κ1) is 20.3. The van der Waals surface area contributed by atoms with Crippen molar-refractivity contribution >= 4 is 0 Å². The maximum atomic E-state index is 9.31. The number of aromatic nitrogens is 6. The van der Waals surface area contributed by atoms with Crippen molar-refractivity contribution in [3.8, 4) is 90.6 Å². The molecule has 6 heteroatoms. The molecule has 3 aliphatic rings. The zero-order valence-corrected chi connectivity index (χ0v) is 34.6. The van der Waals surface area contributed by atoms with E-state index in [1.165, 1.54) is 0 Å². The molecule has 3 aliphatic carbocycles. The molecule has 2 unspecified atom stereocenters. The van der Waals surface area contributed by atoms with Crippen LogP contribution in [0.4, 0.5) is 0 Å². The minimum atomic E-state index is -0.853. The van der Waals surface area contributed by atoms with Crippen molar-refractivity contribution in [3.05, 3.63) is 263 Å². The van der Waals surface area contributed by atoms with Crippen LogP contribution in [0, 0.1) is 0 Å². The molecular weight excluding hydrogens is 829 g/mol. The fourth-order valence-electron chi connectivity index (χ4n) is 8.76. The average molecular weight is 897 g/mol. The van der Waals surface area contributed by atoms with Crippen molar-refractivity contribution in [2.75, 3.05) is 0 Å². The summed E-state index contributed by atoms with van der Waals surface area (Å²) in [6.45, 7) is 0. The molecule has 0 fully saturated rings. The van der Waals surface area contributed by atoms with E-state index in [9.17, 15) is 2.74 Å². The summed E-state index contributed by atoms with van der Waals surface area (Å²) in [5.74, 6) is -4.16. The van der Waals surface area contributed by atoms with Gasteiger partial charge < -0.3 is 0 Å². The van der Waals surface area contributed by atoms with Crippen LogP contribution in [0.15, 0.2) is 230 Å². The highest BCUT2D eigenvalue weighted by Gasteiger charge is 2.41. The SMILES string of the molecule is [2H]c1c([2H])c([2H])c(-c2nc(-c3ccc4c(c3)C3c5ccccc5C4c4cc(-c5nc(-c6c([2H])c([2H])c([2H])c([2H])c6[2H])nc(-c6c([2H])c([2H])c([2H])c([2H])c6-c6c([2H])c([2H])c([2H])c([2H])c6[2H])n5)ccc43)nc(-c3c([2H])c([2H])c([2H])c([2H])c3-c3c([2H])c([2H])c([2H])c([2H])c3[2H])n2)c([2H])c1[2H]. The van der Waals surface area contributed by atoms with E-state index in [1.807, 2.05) is 24.3 Å². The van der Waals surface area contributed by atoms with E-state index in [2.05, 4.69) is 9.97 Å². The molecule has 6 nitrogen and oxygen atoms in total. The molecule has 68 heavy (non-hydrogen) atoms. The maximum Gasteiger partial charge on any atom is 0.164 e. The first-order valence-corrected chi connectivity index (χ1v) is 20.7. The number of hydrogen-bond donors (Lipinski definition) is 0. The summed E-state index contributed by atoms with van der Waals surface area (Å²) in [5.41, 5.74) is 0.0246. The normalized spacial score (nSPS) is 19.9. The number of rotatable bonds is 8. The van der Waals surface area contributed by atoms with Gasteiger partial charge in [-0.05, 0) is 67.8 Å². The molecule has 0 saturated heterocycles. The smallest absolute Gasteiger partial charge is 0.164 e. The molecule has 2 atom stereocenters. The van der Waals surface area contributed by atoms with Gasteiger partial charge in [0.25, 0.3) is 0 Å². The van der Waals surface area contributed by atoms with Crippen LogP contribution in [-0.2, 0) is 0 Å². The van der Waals surface area contributed by atoms with Crippen molar-refractivity contribution in [2.45, 2.75) is 11.8 Å². The first-order valence-electron chi connectivity index (χ1n) is 34.7. The van der Waals surface area contributed by atoms with E-state index in [1.54, 1.807) is 36.4 Å². The first-order chi connectivity index (χ1) is 45.3. The molecule has 0 aliphatic heterocycles. The highest BCUT2D eigenvalue weighted by molar-refractivity contribution is 5.84. The van der Waals surface area contributed by atoms with Crippen LogP contribution in [0.3, 0.4) is 0 Å². The molecule has 0 amide bonds. The lowest BCUT2D eigenvalue weighted by Crippen LogP contribution is -2.27. The maximum absolute atomic E-state index is 9.31. The van der Waals surface area contributed by atoms with E-state index in [0.717, 1.165) is 11.1 Å². The molecule has 0 N–H and O–H groups in total. The summed E-state index contributed by atoms with van der Waals surface area (Å²) in [7, 11) is 0. The van der Waals surface area contributed by atoms with Crippen molar-refractivity contribution < 1.29 is 38.4 Å². The van der Waals surface area contributed by atoms with E-state index in [0.29, 0.717) is 22.3 Å². The topological polar surface area (TPSA) is 77.3 Å². The fraction of sp³-hybridized carbons (Fsp3) is 0.0323. The monoisotopic (exact) mass is 897 g/mol. The van der Waals surface area contributed by atoms with Crippen molar-refractivity contribution in [2.24, 2.45) is 0 Å². The molecule has 0 radical (unpaired) electrons. The Morgan fingerprint density at radius 1 is 0.250 bits per heavy atom. The van der Waals surface area contributed by atoms with Crippen molar-refractivity contribution in [3.63, 3.8) is 0 Å². The predicted molar refractivity (Wildman–Crippen MR) is 271 cm³/mol. The van der Waals surface area contributed by atoms with Crippen LogP contribution in [-0.4, -0.2) is 29.9 Å². The molecule has 2 aromatic heterocycles. The Bertz CT molecular complexity index is 4950. The van der Waals surface area contributed by atoms with Gasteiger partial charge in [0.05, 0.1) is 38.4 Å². The van der Waals surface area contributed by atoms with Crippen LogP contribution >= 0.6 is 0 Å². The second kappa shape index (κ2) is 16.5. The Kier molecular flexibility index (Phi) is 4.90. The van der Waals surface area contributed by atoms with Gasteiger partial charge in [0.2, 0.25) is 0 Å². The lowest BCUT2D eigenvalue weighted by atomic mass is 9.61. The average Bonchev–Trinajstić information content (AvgIpc) is 0.703. The second-order valence-electron chi connectivity index (χ2n) is 15.3. The molecular formula is C62H40N6. The van der Waals surface area contributed by atoms with E-state index < -0.39 is 249 Å². The summed E-state index contributed by atoms with van der Waals surface area (Å²) in [6.07, 6.45) is 0. The number of nitrogens with zero attached hydrogens (tertiary/aromatic N) is 6. The van der Waals surface area contributed by atoms with Gasteiger partial charge in [0.1, 0.15) is 0 Å². The molecule has 2 heterocycles. The van der Waals surface area contributed by atoms with Crippen LogP contribution in [0.25, 0.3) is 90.6 Å². The molecule has 0 saturated carbocycles. The van der Waals surface area contributed by atoms with Gasteiger partial charge in [-0.15, -0.1) is 0 Å². The third-order valence-electron chi connectivity index (χ3n) is 11.6. The molecule has 11 aromatic rings. The summed E-state index contributed by atoms with van der Waals surface area (Å²) < 4.78 is 245. The molecule has 2 bridgehead atoms. The van der Waals surface area contributed by atoms with Crippen molar-refractivity contribution in [1.29, 1.82) is 0 Å². The zero-order valence-electron chi connectivity index (χ0n) is 62.6. The quantitative estimate of drug-likeness (QED) is 0.151. The summed E-state index contributed by atoms with van der Waals surface area (Å²) in [6, 6.07) is -5.00. The summed E-state index contributed by atoms with van der Waals surface area (Å²) in [4.78, 5) is 28.0. The number of hydrogen-bond acceptors (Lipinski definition) is 6. The van der Waals surface area contributed by atoms with E-state index in [4.69, 9.17) is 55.6 Å². The fourth-order valence-corrected chi connectivity index (χ4v) is 8.76. The van der Waals surface area contributed by atoms with E-state index >= 15 is 0 Å². The standard InChI is InChI=1S/C62H40N6/c1-5-19-39(20-6-1)45-27-13-17-31-51(45)61-65-57(41-23-9-3-10-24-41)63-59(67-61)43-33-35-49-53(37-43)55-47-29-15-16-30-48(47)56(49)54-38-44(34-36-50(54)55)60-64-58(42-25-11-4-12-26-42)66-62(68-60)52-32-18-14-28-46(52)40-21-7-2-8-22-40/h1-38,55-56H/i1D,2D,3D,4D,5D,6D,7D,8D,9D,10D,11D,12D,13D,14D,17D,18D,19D,20D,21D,22D,23D,24D,25D,26D,27D,28D,31D,32D. The largest absolute Gasteiger partial charge is 0.208 e. The van der Waals surface area contributed by atoms with Gasteiger partial charge in [-0.3, -0.25) is 0 Å². The van der Waals surface area contributed by atoms with Gasteiger partial charge in [-0.1, -0.05) is 218 Å². The highest BCUT2D eigenvalue weighted by atomic mass is 15.0. The van der Waals surface area contributed by atoms with Gasteiger partial charge in [0.15, 0.2) is 34.9 Å². The van der Waals surface area contributed by atoms with E-state index in [-0.39, 0.29) is 22.8 Å². The van der Waals surface area contributed by atoms with Gasteiger partial charge in [-0.2, -0.15) is 0 Å². The van der Waals surface area contributed by atoms with Gasteiger partial charge in [-0.25, -0.2) is 29.9 Å². The summed E-state index contributed by atoms with van der Waals surface area (Å²) >= 11 is 0. The zero-order chi connectivity index (χ0) is 69.3. The Labute approximate surface area is 433 Å². The Balaban J connectivity index is 1.03. The summed E-state index contributed by atoms with van der Waals surface area (Å²) in [5, 5.41) is 0. The van der Waals surface area contributed by atoms with Crippen molar-refractivity contribution in [1.82, 2.24) is 29.9 Å². The Hall–Kier alpha value is -9.00. The molecule has 14 rings (SSSR count).